The van der Waals surface area contributed by atoms with Crippen LogP contribution in [-0.2, 0) is 0 Å². The molecule has 2 rings (SSSR count). The molecule has 0 unspecified atom stereocenters. The van der Waals surface area contributed by atoms with Crippen LogP contribution in [0.5, 0.6) is 0 Å². The Balaban J connectivity index is 2.07. The van der Waals surface area contributed by atoms with Crippen LogP contribution in [0, 0.1) is 18.8 Å². The first-order chi connectivity index (χ1) is 10.1. The Bertz CT molecular complexity index is 563. The van der Waals surface area contributed by atoms with Gasteiger partial charge in [0.2, 0.25) is 0 Å². The minimum atomic E-state index is -0.225. The smallest absolute Gasteiger partial charge is 0.251 e. The summed E-state index contributed by atoms with van der Waals surface area (Å²) in [5.74, 6) is 5.30. The SMILES string of the molecule is Cc1ccc(C#CCO)cc1C(=O)NC1CCC(O)CC1. The van der Waals surface area contributed by atoms with E-state index in [0.29, 0.717) is 5.56 Å². The third-order valence-corrected chi connectivity index (χ3v) is 3.83. The molecule has 0 saturated heterocycles. The standard InChI is InChI=1S/C17H21NO3/c1-12-4-5-13(3-2-10-19)11-16(12)17(21)18-14-6-8-15(20)9-7-14/h4-5,11,14-15,19-20H,6-10H2,1H3,(H,18,21). The molecule has 0 radical (unpaired) electrons. The summed E-state index contributed by atoms with van der Waals surface area (Å²) < 4.78 is 0. The molecule has 112 valence electrons. The van der Waals surface area contributed by atoms with Crippen LogP contribution in [0.4, 0.5) is 0 Å². The fraction of sp³-hybridized carbons (Fsp3) is 0.471. The van der Waals surface area contributed by atoms with Crippen molar-refractivity contribution in [3.05, 3.63) is 34.9 Å². The maximum absolute atomic E-state index is 12.4. The summed E-state index contributed by atoms with van der Waals surface area (Å²) in [5, 5.41) is 21.3. The van der Waals surface area contributed by atoms with Crippen molar-refractivity contribution in [2.24, 2.45) is 0 Å². The van der Waals surface area contributed by atoms with E-state index < -0.39 is 0 Å². The number of nitrogens with one attached hydrogen (secondary N) is 1. The number of hydrogen-bond donors (Lipinski definition) is 3. The van der Waals surface area contributed by atoms with Gasteiger partial charge in [0.25, 0.3) is 5.91 Å². The van der Waals surface area contributed by atoms with E-state index in [0.717, 1.165) is 36.8 Å². The number of carbonyl (C=O) groups excluding carboxylic acids is 1. The van der Waals surface area contributed by atoms with E-state index in [9.17, 15) is 9.90 Å². The molecule has 0 atom stereocenters. The van der Waals surface area contributed by atoms with Crippen LogP contribution in [0.15, 0.2) is 18.2 Å². The fourth-order valence-corrected chi connectivity index (χ4v) is 2.57. The molecule has 1 aliphatic carbocycles. The third-order valence-electron chi connectivity index (χ3n) is 3.83. The number of benzene rings is 1. The van der Waals surface area contributed by atoms with Crippen LogP contribution in [0.1, 0.15) is 47.2 Å². The summed E-state index contributed by atoms with van der Waals surface area (Å²) in [5.41, 5.74) is 2.24. The Morgan fingerprint density at radius 1 is 1.33 bits per heavy atom. The average Bonchev–Trinajstić information content (AvgIpc) is 2.48. The van der Waals surface area contributed by atoms with E-state index in [4.69, 9.17) is 5.11 Å². The highest BCUT2D eigenvalue weighted by Crippen LogP contribution is 2.19. The Hall–Kier alpha value is -1.83. The van der Waals surface area contributed by atoms with Crippen molar-refractivity contribution in [1.29, 1.82) is 0 Å². The topological polar surface area (TPSA) is 69.6 Å². The summed E-state index contributed by atoms with van der Waals surface area (Å²) in [6.07, 6.45) is 2.89. The molecular formula is C17H21NO3. The lowest BCUT2D eigenvalue weighted by Gasteiger charge is -2.26. The number of carbonyl (C=O) groups is 1. The van der Waals surface area contributed by atoms with Gasteiger partial charge in [0.1, 0.15) is 6.61 Å². The molecule has 4 nitrogen and oxygen atoms in total. The Morgan fingerprint density at radius 3 is 2.71 bits per heavy atom. The molecule has 0 heterocycles. The van der Waals surface area contributed by atoms with Gasteiger partial charge in [0, 0.05) is 17.2 Å². The van der Waals surface area contributed by atoms with Crippen molar-refractivity contribution in [3.8, 4) is 11.8 Å². The van der Waals surface area contributed by atoms with Gasteiger partial charge in [-0.15, -0.1) is 0 Å². The monoisotopic (exact) mass is 287 g/mol. The van der Waals surface area contributed by atoms with Gasteiger partial charge in [-0.1, -0.05) is 17.9 Å². The summed E-state index contributed by atoms with van der Waals surface area (Å²) in [6.45, 7) is 1.70. The summed E-state index contributed by atoms with van der Waals surface area (Å²) >= 11 is 0. The normalized spacial score (nSPS) is 21.3. The molecule has 1 amide bonds. The minimum absolute atomic E-state index is 0.0958. The highest BCUT2D eigenvalue weighted by Gasteiger charge is 2.21. The Morgan fingerprint density at radius 2 is 2.05 bits per heavy atom. The third kappa shape index (κ3) is 4.32. The zero-order valence-electron chi connectivity index (χ0n) is 12.2. The lowest BCUT2D eigenvalue weighted by atomic mass is 9.92. The quantitative estimate of drug-likeness (QED) is 0.720. The largest absolute Gasteiger partial charge is 0.393 e. The second-order valence-corrected chi connectivity index (χ2v) is 5.47. The average molecular weight is 287 g/mol. The zero-order chi connectivity index (χ0) is 15.2. The number of aliphatic hydroxyl groups is 2. The van der Waals surface area contributed by atoms with Crippen molar-refractivity contribution in [1.82, 2.24) is 5.32 Å². The van der Waals surface area contributed by atoms with E-state index in [1.54, 1.807) is 6.07 Å². The van der Waals surface area contributed by atoms with Gasteiger partial charge >= 0.3 is 0 Å². The molecule has 1 fully saturated rings. The number of aryl methyl sites for hydroxylation is 1. The van der Waals surface area contributed by atoms with Gasteiger partial charge < -0.3 is 15.5 Å². The molecule has 0 aliphatic heterocycles. The Kier molecular flexibility index (Phi) is 5.38. The molecule has 0 bridgehead atoms. The van der Waals surface area contributed by atoms with Crippen molar-refractivity contribution < 1.29 is 15.0 Å². The van der Waals surface area contributed by atoms with Gasteiger partial charge in [-0.05, 0) is 50.3 Å². The number of hydrogen-bond acceptors (Lipinski definition) is 3. The molecule has 1 aromatic carbocycles. The fourth-order valence-electron chi connectivity index (χ4n) is 2.57. The molecular weight excluding hydrogens is 266 g/mol. The van der Waals surface area contributed by atoms with Gasteiger partial charge in [0.15, 0.2) is 0 Å². The Labute approximate surface area is 125 Å². The molecule has 1 aromatic rings. The second-order valence-electron chi connectivity index (χ2n) is 5.47. The van der Waals surface area contributed by atoms with Crippen molar-refractivity contribution in [2.45, 2.75) is 44.8 Å². The van der Waals surface area contributed by atoms with Gasteiger partial charge in [0.05, 0.1) is 6.10 Å². The predicted molar refractivity (Wildman–Crippen MR) is 80.9 cm³/mol. The first-order valence-electron chi connectivity index (χ1n) is 7.29. The minimum Gasteiger partial charge on any atom is -0.393 e. The first kappa shape index (κ1) is 15.6. The highest BCUT2D eigenvalue weighted by atomic mass is 16.3. The molecule has 4 heteroatoms. The van der Waals surface area contributed by atoms with Crippen LogP contribution in [0.2, 0.25) is 0 Å². The first-order valence-corrected chi connectivity index (χ1v) is 7.29. The van der Waals surface area contributed by atoms with Crippen LogP contribution >= 0.6 is 0 Å². The molecule has 1 saturated carbocycles. The van der Waals surface area contributed by atoms with Crippen molar-refractivity contribution in [3.63, 3.8) is 0 Å². The van der Waals surface area contributed by atoms with E-state index in [1.165, 1.54) is 0 Å². The van der Waals surface area contributed by atoms with Gasteiger partial charge in [-0.25, -0.2) is 0 Å². The van der Waals surface area contributed by atoms with Gasteiger partial charge in [-0.3, -0.25) is 4.79 Å². The maximum Gasteiger partial charge on any atom is 0.251 e. The lowest BCUT2D eigenvalue weighted by molar-refractivity contribution is 0.0867. The van der Waals surface area contributed by atoms with Gasteiger partial charge in [-0.2, -0.15) is 0 Å². The van der Waals surface area contributed by atoms with E-state index >= 15 is 0 Å². The van der Waals surface area contributed by atoms with Crippen LogP contribution in [0.3, 0.4) is 0 Å². The molecule has 0 spiro atoms. The van der Waals surface area contributed by atoms with Crippen LogP contribution in [-0.4, -0.2) is 34.9 Å². The summed E-state index contributed by atoms with van der Waals surface area (Å²) in [7, 11) is 0. The summed E-state index contributed by atoms with van der Waals surface area (Å²) in [4.78, 5) is 12.4. The lowest BCUT2D eigenvalue weighted by Crippen LogP contribution is -2.38. The van der Waals surface area contributed by atoms with Crippen molar-refractivity contribution in [2.75, 3.05) is 6.61 Å². The van der Waals surface area contributed by atoms with Crippen molar-refractivity contribution >= 4 is 5.91 Å². The van der Waals surface area contributed by atoms with E-state index in [2.05, 4.69) is 17.2 Å². The molecule has 0 aromatic heterocycles. The highest BCUT2D eigenvalue weighted by molar-refractivity contribution is 5.96. The number of aliphatic hydroxyl groups excluding tert-OH is 2. The number of rotatable bonds is 2. The van der Waals surface area contributed by atoms with E-state index in [1.807, 2.05) is 19.1 Å². The second kappa shape index (κ2) is 7.26. The van der Waals surface area contributed by atoms with Crippen LogP contribution in [0.25, 0.3) is 0 Å². The van der Waals surface area contributed by atoms with E-state index in [-0.39, 0.29) is 24.7 Å². The van der Waals surface area contributed by atoms with Crippen LogP contribution < -0.4 is 5.32 Å². The molecule has 1 aliphatic rings. The summed E-state index contributed by atoms with van der Waals surface area (Å²) in [6, 6.07) is 5.59. The number of amides is 1. The molecule has 3 N–H and O–H groups in total. The molecule has 21 heavy (non-hydrogen) atoms. The zero-order valence-corrected chi connectivity index (χ0v) is 12.2. The predicted octanol–water partition coefficient (Wildman–Crippen LogP) is 1.37. The maximum atomic E-state index is 12.4.